The molecule has 2 aromatic carbocycles. The molecule has 0 radical (unpaired) electrons. The Balaban J connectivity index is 2.00. The fourth-order valence-corrected chi connectivity index (χ4v) is 2.99. The van der Waals surface area contributed by atoms with Gasteiger partial charge in [-0.1, -0.05) is 69.3 Å². The van der Waals surface area contributed by atoms with Gasteiger partial charge in [0.25, 0.3) is 0 Å². The van der Waals surface area contributed by atoms with Crippen LogP contribution in [0.5, 0.6) is 0 Å². The van der Waals surface area contributed by atoms with Crippen LogP contribution in [0.15, 0.2) is 72.5 Å². The number of dihydropyridines is 1. The van der Waals surface area contributed by atoms with Gasteiger partial charge in [0.2, 0.25) is 0 Å². The number of allylic oxidation sites excluding steroid dienone is 2. The second kappa shape index (κ2) is 6.08. The van der Waals surface area contributed by atoms with Gasteiger partial charge >= 0.3 is 0 Å². The summed E-state index contributed by atoms with van der Waals surface area (Å²) in [5.41, 5.74) is 6.75. The lowest BCUT2D eigenvalue weighted by Gasteiger charge is -2.28. The monoisotopic (exact) mass is 303 g/mol. The average Bonchev–Trinajstić information content (AvgIpc) is 2.55. The molecular weight excluding hydrogens is 278 g/mol. The molecule has 118 valence electrons. The van der Waals surface area contributed by atoms with E-state index in [1.54, 1.807) is 0 Å². The summed E-state index contributed by atoms with van der Waals surface area (Å²) in [6, 6.07) is 17.6. The highest BCUT2D eigenvalue weighted by atomic mass is 14.9. The molecule has 0 fully saturated rings. The molecule has 0 amide bonds. The van der Waals surface area contributed by atoms with Gasteiger partial charge in [0.1, 0.15) is 0 Å². The average molecular weight is 303 g/mol. The van der Waals surface area contributed by atoms with Gasteiger partial charge < -0.3 is 5.32 Å². The molecule has 0 saturated carbocycles. The van der Waals surface area contributed by atoms with E-state index < -0.39 is 0 Å². The van der Waals surface area contributed by atoms with Crippen molar-refractivity contribution >= 4 is 0 Å². The first-order valence-electron chi connectivity index (χ1n) is 8.26. The summed E-state index contributed by atoms with van der Waals surface area (Å²) in [5.74, 6) is 0. The standard InChI is InChI=1S/C22H25N/c1-16-10-11-18(17-8-6-5-7-9-17)14-20(16)21-15-19(12-13-23-21)22(2,3)4/h5-15,21,23H,1-4H3. The first kappa shape index (κ1) is 15.6. The van der Waals surface area contributed by atoms with Crippen molar-refractivity contribution in [3.63, 3.8) is 0 Å². The number of nitrogens with one attached hydrogen (secondary N) is 1. The summed E-state index contributed by atoms with van der Waals surface area (Å²) in [4.78, 5) is 0. The van der Waals surface area contributed by atoms with Gasteiger partial charge in [0.05, 0.1) is 6.04 Å². The van der Waals surface area contributed by atoms with Crippen molar-refractivity contribution in [3.8, 4) is 11.1 Å². The lowest BCUT2D eigenvalue weighted by atomic mass is 9.83. The van der Waals surface area contributed by atoms with Gasteiger partial charge in [-0.3, -0.25) is 0 Å². The fraction of sp³-hybridized carbons (Fsp3) is 0.273. The van der Waals surface area contributed by atoms with E-state index in [9.17, 15) is 0 Å². The molecule has 1 atom stereocenters. The smallest absolute Gasteiger partial charge is 0.0701 e. The molecule has 23 heavy (non-hydrogen) atoms. The van der Waals surface area contributed by atoms with Crippen LogP contribution in [0, 0.1) is 12.3 Å². The van der Waals surface area contributed by atoms with E-state index in [0.717, 1.165) is 0 Å². The summed E-state index contributed by atoms with van der Waals surface area (Å²) in [6.07, 6.45) is 6.63. The minimum atomic E-state index is 0.168. The van der Waals surface area contributed by atoms with Gasteiger partial charge in [0.15, 0.2) is 0 Å². The molecular formula is C22H25N. The quantitative estimate of drug-likeness (QED) is 0.740. The Morgan fingerprint density at radius 3 is 2.35 bits per heavy atom. The zero-order chi connectivity index (χ0) is 16.4. The van der Waals surface area contributed by atoms with Crippen LogP contribution in [-0.4, -0.2) is 0 Å². The maximum absolute atomic E-state index is 3.50. The Kier molecular flexibility index (Phi) is 4.12. The van der Waals surface area contributed by atoms with Gasteiger partial charge in [-0.2, -0.15) is 0 Å². The Hall–Kier alpha value is -2.28. The van der Waals surface area contributed by atoms with E-state index in [2.05, 4.69) is 99.9 Å². The molecule has 1 heteroatoms. The van der Waals surface area contributed by atoms with Crippen molar-refractivity contribution < 1.29 is 0 Å². The molecule has 0 saturated heterocycles. The molecule has 0 aromatic heterocycles. The third kappa shape index (κ3) is 3.39. The lowest BCUT2D eigenvalue weighted by Crippen LogP contribution is -2.21. The second-order valence-electron chi connectivity index (χ2n) is 7.29. The topological polar surface area (TPSA) is 12.0 Å². The summed E-state index contributed by atoms with van der Waals surface area (Å²) < 4.78 is 0. The van der Waals surface area contributed by atoms with E-state index >= 15 is 0 Å². The third-order valence-electron chi connectivity index (χ3n) is 4.47. The van der Waals surface area contributed by atoms with Gasteiger partial charge in [-0.05, 0) is 58.5 Å². The molecule has 3 rings (SSSR count). The molecule has 1 N–H and O–H groups in total. The van der Waals surface area contributed by atoms with Gasteiger partial charge in [-0.25, -0.2) is 0 Å². The maximum Gasteiger partial charge on any atom is 0.0701 e. The summed E-state index contributed by atoms with van der Waals surface area (Å²) >= 11 is 0. The SMILES string of the molecule is Cc1ccc(-c2ccccc2)cc1C1C=C(C(C)(C)C)C=CN1. The van der Waals surface area contributed by atoms with Crippen molar-refractivity contribution in [1.29, 1.82) is 0 Å². The zero-order valence-electron chi connectivity index (χ0n) is 14.4. The molecule has 0 aliphatic carbocycles. The molecule has 1 aliphatic rings. The molecule has 0 bridgehead atoms. The second-order valence-corrected chi connectivity index (χ2v) is 7.29. The van der Waals surface area contributed by atoms with Crippen LogP contribution < -0.4 is 5.32 Å². The Labute approximate surface area is 139 Å². The molecule has 1 heterocycles. The largest absolute Gasteiger partial charge is 0.381 e. The fourth-order valence-electron chi connectivity index (χ4n) is 2.99. The molecule has 1 unspecified atom stereocenters. The first-order chi connectivity index (χ1) is 10.9. The predicted octanol–water partition coefficient (Wildman–Crippen LogP) is 5.79. The zero-order valence-corrected chi connectivity index (χ0v) is 14.4. The van der Waals surface area contributed by atoms with E-state index in [-0.39, 0.29) is 11.5 Å². The van der Waals surface area contributed by atoms with Crippen LogP contribution in [0.1, 0.15) is 37.9 Å². The van der Waals surface area contributed by atoms with Crippen LogP contribution in [-0.2, 0) is 0 Å². The third-order valence-corrected chi connectivity index (χ3v) is 4.47. The molecule has 2 aromatic rings. The van der Waals surface area contributed by atoms with Crippen molar-refractivity contribution in [1.82, 2.24) is 5.32 Å². The summed E-state index contributed by atoms with van der Waals surface area (Å²) in [6.45, 7) is 8.98. The van der Waals surface area contributed by atoms with Gasteiger partial charge in [-0.15, -0.1) is 0 Å². The maximum atomic E-state index is 3.50. The van der Waals surface area contributed by atoms with E-state index in [0.29, 0.717) is 0 Å². The highest BCUT2D eigenvalue weighted by Crippen LogP contribution is 2.33. The number of hydrogen-bond acceptors (Lipinski definition) is 1. The summed E-state index contributed by atoms with van der Waals surface area (Å²) in [5, 5.41) is 3.50. The van der Waals surface area contributed by atoms with Crippen molar-refractivity contribution in [2.45, 2.75) is 33.7 Å². The highest BCUT2D eigenvalue weighted by Gasteiger charge is 2.21. The van der Waals surface area contributed by atoms with Crippen LogP contribution in [0.4, 0.5) is 0 Å². The van der Waals surface area contributed by atoms with Crippen molar-refractivity contribution in [3.05, 3.63) is 83.6 Å². The first-order valence-corrected chi connectivity index (χ1v) is 8.26. The van der Waals surface area contributed by atoms with Crippen molar-refractivity contribution in [2.75, 3.05) is 0 Å². The van der Waals surface area contributed by atoms with Crippen LogP contribution in [0.3, 0.4) is 0 Å². The number of hydrogen-bond donors (Lipinski definition) is 1. The van der Waals surface area contributed by atoms with E-state index in [4.69, 9.17) is 0 Å². The highest BCUT2D eigenvalue weighted by molar-refractivity contribution is 5.65. The van der Waals surface area contributed by atoms with Crippen LogP contribution in [0.25, 0.3) is 11.1 Å². The van der Waals surface area contributed by atoms with E-state index in [1.165, 1.54) is 27.8 Å². The number of rotatable bonds is 2. The molecule has 1 aliphatic heterocycles. The number of benzene rings is 2. The van der Waals surface area contributed by atoms with Crippen LogP contribution >= 0.6 is 0 Å². The number of aryl methyl sites for hydroxylation is 1. The minimum absolute atomic E-state index is 0.168. The molecule has 1 nitrogen and oxygen atoms in total. The normalized spacial score (nSPS) is 17.6. The van der Waals surface area contributed by atoms with E-state index in [1.807, 2.05) is 0 Å². The Morgan fingerprint density at radius 1 is 0.913 bits per heavy atom. The lowest BCUT2D eigenvalue weighted by molar-refractivity contribution is 0.505. The Morgan fingerprint density at radius 2 is 1.65 bits per heavy atom. The van der Waals surface area contributed by atoms with Crippen molar-refractivity contribution in [2.24, 2.45) is 5.41 Å². The predicted molar refractivity (Wildman–Crippen MR) is 99.2 cm³/mol. The minimum Gasteiger partial charge on any atom is -0.381 e. The van der Waals surface area contributed by atoms with Crippen LogP contribution in [0.2, 0.25) is 0 Å². The Bertz CT molecular complexity index is 745. The summed E-state index contributed by atoms with van der Waals surface area (Å²) in [7, 11) is 0. The van der Waals surface area contributed by atoms with Gasteiger partial charge in [0, 0.05) is 0 Å². The molecule has 0 spiro atoms.